The van der Waals surface area contributed by atoms with Crippen LogP contribution in [0.1, 0.15) is 27.0 Å². The van der Waals surface area contributed by atoms with Crippen LogP contribution in [0.5, 0.6) is 0 Å². The summed E-state index contributed by atoms with van der Waals surface area (Å²) in [4.78, 5) is 28.5. The molecule has 3 N–H and O–H groups in total. The second kappa shape index (κ2) is 8.30. The van der Waals surface area contributed by atoms with E-state index in [1.165, 1.54) is 0 Å². The van der Waals surface area contributed by atoms with Gasteiger partial charge in [0.25, 0.3) is 5.91 Å². The number of amidine groups is 1. The molecule has 0 aliphatic rings. The van der Waals surface area contributed by atoms with E-state index in [1.54, 1.807) is 36.4 Å². The number of nitrogens with zero attached hydrogens (tertiary/aromatic N) is 1. The third-order valence-electron chi connectivity index (χ3n) is 3.27. The van der Waals surface area contributed by atoms with Gasteiger partial charge in [-0.05, 0) is 38.1 Å². The summed E-state index contributed by atoms with van der Waals surface area (Å²) in [5.41, 5.74) is 8.58. The molecule has 0 aromatic heterocycles. The Balaban J connectivity index is 1.91. The highest BCUT2D eigenvalue weighted by Crippen LogP contribution is 2.14. The zero-order valence-electron chi connectivity index (χ0n) is 13.9. The van der Waals surface area contributed by atoms with Crippen molar-refractivity contribution in [1.29, 1.82) is 0 Å². The Hall–Kier alpha value is -2.86. The molecular formula is C18H18ClN3O3. The Bertz CT molecular complexity index is 814. The fourth-order valence-corrected chi connectivity index (χ4v) is 2.44. The van der Waals surface area contributed by atoms with Crippen molar-refractivity contribution in [2.45, 2.75) is 13.8 Å². The van der Waals surface area contributed by atoms with Gasteiger partial charge in [0, 0.05) is 11.1 Å². The molecule has 2 aromatic rings. The van der Waals surface area contributed by atoms with Crippen LogP contribution in [0.2, 0.25) is 5.02 Å². The molecule has 0 unspecified atom stereocenters. The normalized spacial score (nSPS) is 11.1. The maximum Gasteiger partial charge on any atom is 0.354 e. The first kappa shape index (κ1) is 18.5. The van der Waals surface area contributed by atoms with Crippen molar-refractivity contribution in [3.05, 3.63) is 69.7 Å². The van der Waals surface area contributed by atoms with Gasteiger partial charge in [-0.1, -0.05) is 46.1 Å². The van der Waals surface area contributed by atoms with Crippen molar-refractivity contribution in [3.63, 3.8) is 0 Å². The molecule has 0 atom stereocenters. The summed E-state index contributed by atoms with van der Waals surface area (Å²) >= 11 is 5.97. The first-order chi connectivity index (χ1) is 11.9. The van der Waals surface area contributed by atoms with Crippen molar-refractivity contribution in [2.75, 3.05) is 6.54 Å². The van der Waals surface area contributed by atoms with E-state index in [0.29, 0.717) is 16.1 Å². The second-order valence-corrected chi connectivity index (χ2v) is 5.89. The molecule has 1 amide bonds. The van der Waals surface area contributed by atoms with Gasteiger partial charge < -0.3 is 15.9 Å². The highest BCUT2D eigenvalue weighted by atomic mass is 35.5. The van der Waals surface area contributed by atoms with Gasteiger partial charge in [-0.3, -0.25) is 4.79 Å². The second-order valence-electron chi connectivity index (χ2n) is 5.48. The summed E-state index contributed by atoms with van der Waals surface area (Å²) in [5.74, 6) is -1.14. The first-order valence-electron chi connectivity index (χ1n) is 7.51. The molecule has 0 radical (unpaired) electrons. The number of nitrogens with one attached hydrogen (secondary N) is 1. The number of amides is 1. The third kappa shape index (κ3) is 5.32. The smallest absolute Gasteiger partial charge is 0.354 e. The number of carbonyl (C=O) groups excluding carboxylic acids is 2. The zero-order chi connectivity index (χ0) is 18.4. The van der Waals surface area contributed by atoms with Gasteiger partial charge in [-0.25, -0.2) is 4.79 Å². The van der Waals surface area contributed by atoms with Gasteiger partial charge >= 0.3 is 5.97 Å². The number of nitrogens with two attached hydrogens (primary N) is 1. The van der Waals surface area contributed by atoms with Crippen LogP contribution >= 0.6 is 11.6 Å². The number of rotatable bonds is 5. The Morgan fingerprint density at radius 3 is 2.44 bits per heavy atom. The van der Waals surface area contributed by atoms with Crippen LogP contribution in [0.15, 0.2) is 47.6 Å². The molecule has 0 fully saturated rings. The summed E-state index contributed by atoms with van der Waals surface area (Å²) < 4.78 is 0. The maximum absolute atomic E-state index is 12.1. The number of hydrogen-bond acceptors (Lipinski definition) is 4. The largest absolute Gasteiger partial charge is 0.380 e. The van der Waals surface area contributed by atoms with Gasteiger partial charge in [0.1, 0.15) is 6.54 Å². The SMILES string of the molecule is Cc1cc(C)cc(C(=O)NCC(=O)ON=C(N)c2ccccc2Cl)c1. The Morgan fingerprint density at radius 1 is 1.16 bits per heavy atom. The quantitative estimate of drug-likeness (QED) is 0.371. The van der Waals surface area contributed by atoms with Gasteiger partial charge in [-0.2, -0.15) is 0 Å². The van der Waals surface area contributed by atoms with Crippen LogP contribution in [0.4, 0.5) is 0 Å². The highest BCUT2D eigenvalue weighted by molar-refractivity contribution is 6.34. The van der Waals surface area contributed by atoms with E-state index < -0.39 is 5.97 Å². The molecule has 0 heterocycles. The van der Waals surface area contributed by atoms with Crippen molar-refractivity contribution in [1.82, 2.24) is 5.32 Å². The van der Waals surface area contributed by atoms with E-state index in [2.05, 4.69) is 10.5 Å². The Labute approximate surface area is 150 Å². The predicted octanol–water partition coefficient (Wildman–Crippen LogP) is 2.55. The van der Waals surface area contributed by atoms with Crippen LogP contribution in [0, 0.1) is 13.8 Å². The minimum atomic E-state index is -0.743. The van der Waals surface area contributed by atoms with Gasteiger partial charge in [0.2, 0.25) is 0 Å². The maximum atomic E-state index is 12.1. The number of oxime groups is 1. The Kier molecular flexibility index (Phi) is 6.14. The minimum absolute atomic E-state index is 0.0282. The number of aryl methyl sites for hydroxylation is 2. The summed E-state index contributed by atoms with van der Waals surface area (Å²) in [6.45, 7) is 3.46. The predicted molar refractivity (Wildman–Crippen MR) is 96.5 cm³/mol. The molecule has 2 aromatic carbocycles. The fourth-order valence-electron chi connectivity index (χ4n) is 2.21. The van der Waals surface area contributed by atoms with Crippen molar-refractivity contribution in [3.8, 4) is 0 Å². The van der Waals surface area contributed by atoms with Crippen molar-refractivity contribution in [2.24, 2.45) is 10.9 Å². The molecule has 130 valence electrons. The molecule has 0 aliphatic heterocycles. The number of halogens is 1. The summed E-state index contributed by atoms with van der Waals surface area (Å²) in [6, 6.07) is 12.2. The van der Waals surface area contributed by atoms with Crippen LogP contribution in [0.25, 0.3) is 0 Å². The summed E-state index contributed by atoms with van der Waals surface area (Å²) in [7, 11) is 0. The summed E-state index contributed by atoms with van der Waals surface area (Å²) in [6.07, 6.45) is 0. The lowest BCUT2D eigenvalue weighted by molar-refractivity contribution is -0.142. The van der Waals surface area contributed by atoms with Crippen LogP contribution in [-0.2, 0) is 9.63 Å². The van der Waals surface area contributed by atoms with E-state index >= 15 is 0 Å². The van der Waals surface area contributed by atoms with Gasteiger partial charge in [0.05, 0.1) is 5.02 Å². The first-order valence-corrected chi connectivity index (χ1v) is 7.89. The molecule has 6 nitrogen and oxygen atoms in total. The van der Waals surface area contributed by atoms with Crippen LogP contribution in [0.3, 0.4) is 0 Å². The molecule has 2 rings (SSSR count). The molecule has 0 aliphatic carbocycles. The molecule has 25 heavy (non-hydrogen) atoms. The van der Waals surface area contributed by atoms with Crippen LogP contribution < -0.4 is 11.1 Å². The van der Waals surface area contributed by atoms with E-state index in [1.807, 2.05) is 19.9 Å². The lowest BCUT2D eigenvalue weighted by atomic mass is 10.1. The zero-order valence-corrected chi connectivity index (χ0v) is 14.6. The third-order valence-corrected chi connectivity index (χ3v) is 3.60. The topological polar surface area (TPSA) is 93.8 Å². The van der Waals surface area contributed by atoms with E-state index in [0.717, 1.165) is 11.1 Å². The monoisotopic (exact) mass is 359 g/mol. The van der Waals surface area contributed by atoms with Gasteiger partial charge in [0.15, 0.2) is 5.84 Å². The van der Waals surface area contributed by atoms with Crippen LogP contribution in [-0.4, -0.2) is 24.3 Å². The number of hydrogen-bond donors (Lipinski definition) is 2. The molecule has 0 saturated heterocycles. The van der Waals surface area contributed by atoms with Crippen molar-refractivity contribution < 1.29 is 14.4 Å². The lowest BCUT2D eigenvalue weighted by Crippen LogP contribution is -2.30. The molecule has 0 saturated carbocycles. The average Bonchev–Trinajstić information content (AvgIpc) is 2.57. The van der Waals surface area contributed by atoms with E-state index in [4.69, 9.17) is 22.2 Å². The standard InChI is InChI=1S/C18H18ClN3O3/c1-11-7-12(2)9-13(8-11)18(24)21-10-16(23)25-22-17(20)14-5-3-4-6-15(14)19/h3-9H,10H2,1-2H3,(H2,20,22)(H,21,24). The highest BCUT2D eigenvalue weighted by Gasteiger charge is 2.11. The van der Waals surface area contributed by atoms with Gasteiger partial charge in [-0.15, -0.1) is 0 Å². The Morgan fingerprint density at radius 2 is 1.80 bits per heavy atom. The fraction of sp³-hybridized carbons (Fsp3) is 0.167. The number of benzene rings is 2. The average molecular weight is 360 g/mol. The number of carbonyl (C=O) groups is 2. The lowest BCUT2D eigenvalue weighted by Gasteiger charge is -2.06. The van der Waals surface area contributed by atoms with Crippen molar-refractivity contribution >= 4 is 29.3 Å². The van der Waals surface area contributed by atoms with E-state index in [9.17, 15) is 9.59 Å². The molecule has 7 heteroatoms. The molecular weight excluding hydrogens is 342 g/mol. The van der Waals surface area contributed by atoms with E-state index in [-0.39, 0.29) is 18.3 Å². The summed E-state index contributed by atoms with van der Waals surface area (Å²) in [5, 5.41) is 6.41. The molecule has 0 bridgehead atoms. The molecule has 0 spiro atoms. The minimum Gasteiger partial charge on any atom is -0.380 e.